The van der Waals surface area contributed by atoms with E-state index < -0.39 is 11.6 Å². The molecule has 0 spiro atoms. The lowest BCUT2D eigenvalue weighted by Crippen LogP contribution is -2.51. The third kappa shape index (κ3) is 5.07. The highest BCUT2D eigenvalue weighted by Gasteiger charge is 2.48. The Bertz CT molecular complexity index is 1930. The van der Waals surface area contributed by atoms with Crippen LogP contribution in [0.4, 0.5) is 14.6 Å². The molecule has 4 aromatic rings. The number of nitrogens with zero attached hydrogens (tertiary/aromatic N) is 4. The zero-order valence-electron chi connectivity index (χ0n) is 26.1. The summed E-state index contributed by atoms with van der Waals surface area (Å²) in [4.78, 5) is 14.4. The Morgan fingerprint density at radius 3 is 2.49 bits per heavy atom. The van der Waals surface area contributed by atoms with E-state index in [0.29, 0.717) is 58.1 Å². The SMILES string of the molecule is C#Cc1c(F)ccc2cc(O)cc(-c3ccc4c(N5CC6CCC(C5)N6)nc(OCC5(CN6C[C@H]7COC[C@@H]7C6)CC5)nc4c3F)c12. The molecule has 5 heterocycles. The van der Waals surface area contributed by atoms with Gasteiger partial charge in [0.05, 0.1) is 25.4 Å². The van der Waals surface area contributed by atoms with Crippen LogP contribution in [-0.2, 0) is 4.74 Å². The van der Waals surface area contributed by atoms with Gasteiger partial charge in [0.25, 0.3) is 0 Å². The van der Waals surface area contributed by atoms with Gasteiger partial charge in [-0.3, -0.25) is 0 Å². The van der Waals surface area contributed by atoms with E-state index in [0.717, 1.165) is 71.6 Å². The Kier molecular flexibility index (Phi) is 6.82. The van der Waals surface area contributed by atoms with Crippen molar-refractivity contribution in [3.63, 3.8) is 0 Å². The van der Waals surface area contributed by atoms with Crippen LogP contribution < -0.4 is 15.0 Å². The quantitative estimate of drug-likeness (QED) is 0.271. The summed E-state index contributed by atoms with van der Waals surface area (Å²) in [5.74, 6) is 3.08. The Labute approximate surface area is 272 Å². The van der Waals surface area contributed by atoms with E-state index in [4.69, 9.17) is 20.9 Å². The molecule has 10 heteroatoms. The number of anilines is 1. The van der Waals surface area contributed by atoms with Crippen molar-refractivity contribution in [1.82, 2.24) is 20.2 Å². The van der Waals surface area contributed by atoms with Crippen molar-refractivity contribution >= 4 is 27.5 Å². The summed E-state index contributed by atoms with van der Waals surface area (Å²) in [5, 5.41) is 15.7. The van der Waals surface area contributed by atoms with Gasteiger partial charge in [-0.25, -0.2) is 8.78 Å². The monoisotopic (exact) mass is 637 g/mol. The number of aromatic hydroxyl groups is 1. The van der Waals surface area contributed by atoms with Gasteiger partial charge in [0, 0.05) is 78.4 Å². The summed E-state index contributed by atoms with van der Waals surface area (Å²) >= 11 is 0. The smallest absolute Gasteiger partial charge is 0.319 e. The van der Waals surface area contributed by atoms with Gasteiger partial charge in [-0.2, -0.15) is 9.97 Å². The van der Waals surface area contributed by atoms with Crippen LogP contribution in [0, 0.1) is 41.2 Å². The normalized spacial score (nSPS) is 26.2. The maximum atomic E-state index is 16.9. The summed E-state index contributed by atoms with van der Waals surface area (Å²) in [6, 6.07) is 10.0. The predicted molar refractivity (Wildman–Crippen MR) is 176 cm³/mol. The van der Waals surface area contributed by atoms with Crippen LogP contribution in [0.15, 0.2) is 36.4 Å². The largest absolute Gasteiger partial charge is 0.508 e. The number of likely N-dealkylation sites (tertiary alicyclic amines) is 1. The first kappa shape index (κ1) is 29.1. The van der Waals surface area contributed by atoms with Gasteiger partial charge in [0.2, 0.25) is 0 Å². The number of ether oxygens (including phenoxy) is 2. The van der Waals surface area contributed by atoms with Gasteiger partial charge < -0.3 is 29.7 Å². The molecule has 2 bridgehead atoms. The standard InChI is InChI=1S/C37H37F2N5O3/c1-2-27-31(38)8-3-21-11-26(45)12-30(32(21)27)28-6-7-29-34(33(28)39)41-36(42-35(29)44-15-24-4-5-25(16-44)40-24)47-20-37(9-10-37)19-43-13-22-17-46-18-23(22)14-43/h1,3,6-8,11-12,22-25,40,45H,4-5,9-10,13-20H2/t22-,23-,24?,25?/m0/s1. The van der Waals surface area contributed by atoms with E-state index in [2.05, 4.69) is 26.0 Å². The average Bonchev–Trinajstić information content (AvgIpc) is 3.30. The maximum absolute atomic E-state index is 16.9. The fourth-order valence-corrected chi connectivity index (χ4v) is 8.52. The van der Waals surface area contributed by atoms with Crippen LogP contribution >= 0.6 is 0 Å². The van der Waals surface area contributed by atoms with Crippen LogP contribution in [0.2, 0.25) is 0 Å². The predicted octanol–water partition coefficient (Wildman–Crippen LogP) is 5.09. The number of aromatic nitrogens is 2. The number of nitrogens with one attached hydrogen (secondary N) is 1. The van der Waals surface area contributed by atoms with E-state index in [1.54, 1.807) is 6.07 Å². The zero-order valence-corrected chi connectivity index (χ0v) is 26.1. The molecule has 1 aliphatic carbocycles. The third-order valence-electron chi connectivity index (χ3n) is 11.1. The Hall–Kier alpha value is -4.04. The Morgan fingerprint density at radius 1 is 1.00 bits per heavy atom. The fraction of sp³-hybridized carbons (Fsp3) is 0.459. The van der Waals surface area contributed by atoms with Gasteiger partial charge in [-0.1, -0.05) is 18.1 Å². The topological polar surface area (TPSA) is 83.0 Å². The molecule has 4 atom stereocenters. The number of hydrogen-bond acceptors (Lipinski definition) is 8. The van der Waals surface area contributed by atoms with Gasteiger partial charge in [0.15, 0.2) is 5.82 Å². The van der Waals surface area contributed by atoms with E-state index >= 15 is 4.39 Å². The molecule has 5 aliphatic rings. The molecule has 4 aliphatic heterocycles. The lowest BCUT2D eigenvalue weighted by molar-refractivity contribution is 0.131. The molecule has 5 fully saturated rings. The Balaban J connectivity index is 1.11. The van der Waals surface area contributed by atoms with Crippen molar-refractivity contribution in [2.45, 2.75) is 37.8 Å². The van der Waals surface area contributed by atoms with Crippen LogP contribution in [0.1, 0.15) is 31.2 Å². The van der Waals surface area contributed by atoms with Crippen molar-refractivity contribution in [2.75, 3.05) is 57.4 Å². The lowest BCUT2D eigenvalue weighted by atomic mass is 9.93. The first-order chi connectivity index (χ1) is 22.9. The second-order valence-corrected chi connectivity index (χ2v) is 14.4. The molecule has 3 aromatic carbocycles. The molecule has 0 radical (unpaired) electrons. The van der Waals surface area contributed by atoms with Gasteiger partial charge in [0.1, 0.15) is 22.9 Å². The van der Waals surface area contributed by atoms with E-state index in [9.17, 15) is 9.50 Å². The molecule has 4 saturated heterocycles. The molecule has 47 heavy (non-hydrogen) atoms. The lowest BCUT2D eigenvalue weighted by Gasteiger charge is -2.34. The van der Waals surface area contributed by atoms with E-state index in [1.807, 2.05) is 6.07 Å². The zero-order chi connectivity index (χ0) is 31.9. The minimum atomic E-state index is -0.597. The van der Waals surface area contributed by atoms with Crippen molar-refractivity contribution in [1.29, 1.82) is 0 Å². The number of phenolic OH excluding ortho intramolecular Hbond substituents is 1. The Morgan fingerprint density at radius 2 is 1.77 bits per heavy atom. The number of hydrogen-bond donors (Lipinski definition) is 2. The second-order valence-electron chi connectivity index (χ2n) is 14.4. The van der Waals surface area contributed by atoms with E-state index in [-0.39, 0.29) is 33.8 Å². The molecular weight excluding hydrogens is 600 g/mol. The molecule has 2 unspecified atom stereocenters. The summed E-state index contributed by atoms with van der Waals surface area (Å²) in [5.41, 5.74) is 0.652. The molecule has 1 aromatic heterocycles. The number of halogens is 2. The molecule has 2 N–H and O–H groups in total. The summed E-state index contributed by atoms with van der Waals surface area (Å²) in [6.07, 6.45) is 10.1. The van der Waals surface area contributed by atoms with Crippen molar-refractivity contribution < 1.29 is 23.4 Å². The van der Waals surface area contributed by atoms with E-state index in [1.165, 1.54) is 24.3 Å². The van der Waals surface area contributed by atoms with Crippen molar-refractivity contribution in [3.05, 3.63) is 53.6 Å². The minimum Gasteiger partial charge on any atom is -0.508 e. The van der Waals surface area contributed by atoms with Crippen LogP contribution in [0.3, 0.4) is 0 Å². The number of rotatable bonds is 7. The third-order valence-corrected chi connectivity index (χ3v) is 11.1. The molecule has 0 amide bonds. The summed E-state index contributed by atoms with van der Waals surface area (Å²) in [6.45, 7) is 6.81. The molecule has 242 valence electrons. The first-order valence-corrected chi connectivity index (χ1v) is 16.7. The number of piperazine rings is 1. The maximum Gasteiger partial charge on any atom is 0.319 e. The first-order valence-electron chi connectivity index (χ1n) is 16.7. The number of fused-ring (bicyclic) bond motifs is 5. The molecule has 9 rings (SSSR count). The number of terminal acetylenes is 1. The van der Waals surface area contributed by atoms with Gasteiger partial charge in [-0.05, 0) is 60.9 Å². The van der Waals surface area contributed by atoms with Crippen LogP contribution in [0.25, 0.3) is 32.8 Å². The number of benzene rings is 3. The molecule has 8 nitrogen and oxygen atoms in total. The fourth-order valence-electron chi connectivity index (χ4n) is 8.52. The number of phenols is 1. The summed E-state index contributed by atoms with van der Waals surface area (Å²) < 4.78 is 43.8. The van der Waals surface area contributed by atoms with Crippen molar-refractivity contribution in [2.24, 2.45) is 17.3 Å². The molecule has 1 saturated carbocycles. The highest BCUT2D eigenvalue weighted by Crippen LogP contribution is 2.48. The second kappa shape index (κ2) is 11.0. The van der Waals surface area contributed by atoms with Crippen molar-refractivity contribution in [3.8, 4) is 35.2 Å². The molecular formula is C37H37F2N5O3. The van der Waals surface area contributed by atoms with Crippen LogP contribution in [-0.4, -0.2) is 84.6 Å². The summed E-state index contributed by atoms with van der Waals surface area (Å²) in [7, 11) is 0. The van der Waals surface area contributed by atoms with Gasteiger partial charge in [-0.15, -0.1) is 6.42 Å². The average molecular weight is 638 g/mol. The highest BCUT2D eigenvalue weighted by molar-refractivity contribution is 6.04. The minimum absolute atomic E-state index is 0.0181. The van der Waals surface area contributed by atoms with Crippen LogP contribution in [0.5, 0.6) is 11.8 Å². The highest BCUT2D eigenvalue weighted by atomic mass is 19.1. The van der Waals surface area contributed by atoms with Gasteiger partial charge >= 0.3 is 6.01 Å².